The molecule has 2 aromatic carbocycles. The molecule has 0 N–H and O–H groups in total. The third-order valence-electron chi connectivity index (χ3n) is 5.05. The fourth-order valence-corrected chi connectivity index (χ4v) is 4.38. The van der Waals surface area contributed by atoms with Crippen LogP contribution in [-0.4, -0.2) is 44.1 Å². The van der Waals surface area contributed by atoms with Crippen LogP contribution in [0.4, 0.5) is 0 Å². The number of rotatable bonds is 5. The Hall–Kier alpha value is -2.67. The Morgan fingerprint density at radius 2 is 1.71 bits per heavy atom. The fraction of sp³-hybridized carbons (Fsp3) is 0.333. The summed E-state index contributed by atoms with van der Waals surface area (Å²) >= 11 is 1.59. The Kier molecular flexibility index (Phi) is 5.43. The zero-order valence-corrected chi connectivity index (χ0v) is 16.9. The summed E-state index contributed by atoms with van der Waals surface area (Å²) in [5, 5.41) is 13.0. The second-order valence-electron chi connectivity index (χ2n) is 7.10. The summed E-state index contributed by atoms with van der Waals surface area (Å²) < 4.78 is 1.81. The van der Waals surface area contributed by atoms with Gasteiger partial charge in [0.15, 0.2) is 0 Å². The smallest absolute Gasteiger partial charge is 0.253 e. The highest BCUT2D eigenvalue weighted by molar-refractivity contribution is 7.98. The van der Waals surface area contributed by atoms with Gasteiger partial charge >= 0.3 is 0 Å². The van der Waals surface area contributed by atoms with Crippen LogP contribution in [0.1, 0.15) is 39.9 Å². The van der Waals surface area contributed by atoms with Gasteiger partial charge in [0.1, 0.15) is 0 Å². The van der Waals surface area contributed by atoms with E-state index in [2.05, 4.69) is 41.5 Å². The van der Waals surface area contributed by atoms with Crippen LogP contribution in [0.25, 0.3) is 5.69 Å². The minimum absolute atomic E-state index is 0.135. The lowest BCUT2D eigenvalue weighted by Gasteiger charge is -2.15. The van der Waals surface area contributed by atoms with E-state index in [1.54, 1.807) is 16.4 Å². The van der Waals surface area contributed by atoms with E-state index in [0.717, 1.165) is 64.8 Å². The van der Waals surface area contributed by atoms with Gasteiger partial charge in [-0.2, -0.15) is 4.68 Å². The van der Waals surface area contributed by atoms with E-state index >= 15 is 0 Å². The number of aromatic nitrogens is 4. The van der Waals surface area contributed by atoms with Gasteiger partial charge in [-0.15, -0.1) is 5.10 Å². The van der Waals surface area contributed by atoms with Crippen LogP contribution in [0.5, 0.6) is 0 Å². The van der Waals surface area contributed by atoms with Crippen LogP contribution in [-0.2, 0) is 5.75 Å². The number of likely N-dealkylation sites (tertiary alicyclic amines) is 1. The topological polar surface area (TPSA) is 63.9 Å². The molecular weight excluding hydrogens is 370 g/mol. The Labute approximate surface area is 168 Å². The molecule has 28 heavy (non-hydrogen) atoms. The Bertz CT molecular complexity index is 956. The van der Waals surface area contributed by atoms with Crippen molar-refractivity contribution in [1.82, 2.24) is 25.1 Å². The molecule has 0 saturated carbocycles. The molecule has 1 aliphatic rings. The molecule has 1 fully saturated rings. The molecule has 0 spiro atoms. The van der Waals surface area contributed by atoms with E-state index in [1.165, 1.54) is 0 Å². The molecule has 0 aliphatic carbocycles. The van der Waals surface area contributed by atoms with Crippen LogP contribution < -0.4 is 0 Å². The number of tetrazole rings is 1. The molecule has 1 aromatic heterocycles. The van der Waals surface area contributed by atoms with Gasteiger partial charge < -0.3 is 4.90 Å². The van der Waals surface area contributed by atoms with Gasteiger partial charge in [-0.25, -0.2) is 0 Å². The summed E-state index contributed by atoms with van der Waals surface area (Å²) in [5.74, 6) is 0.874. The summed E-state index contributed by atoms with van der Waals surface area (Å²) in [4.78, 5) is 14.4. The van der Waals surface area contributed by atoms with Crippen molar-refractivity contribution in [2.45, 2.75) is 37.6 Å². The van der Waals surface area contributed by atoms with Crippen molar-refractivity contribution in [3.05, 3.63) is 64.7 Å². The first-order valence-electron chi connectivity index (χ1n) is 9.49. The Morgan fingerprint density at radius 1 is 1.04 bits per heavy atom. The van der Waals surface area contributed by atoms with E-state index in [0.29, 0.717) is 0 Å². The van der Waals surface area contributed by atoms with Gasteiger partial charge in [0.25, 0.3) is 5.91 Å². The zero-order valence-electron chi connectivity index (χ0n) is 16.1. The number of para-hydroxylation sites is 1. The van der Waals surface area contributed by atoms with Crippen molar-refractivity contribution < 1.29 is 4.79 Å². The molecule has 0 radical (unpaired) electrons. The van der Waals surface area contributed by atoms with Crippen LogP contribution in [0, 0.1) is 13.8 Å². The van der Waals surface area contributed by atoms with Crippen LogP contribution in [0.2, 0.25) is 0 Å². The third-order valence-corrected chi connectivity index (χ3v) is 6.04. The maximum Gasteiger partial charge on any atom is 0.253 e. The van der Waals surface area contributed by atoms with Crippen molar-refractivity contribution in [3.63, 3.8) is 0 Å². The van der Waals surface area contributed by atoms with Gasteiger partial charge in [0.2, 0.25) is 5.16 Å². The average Bonchev–Trinajstić information content (AvgIpc) is 3.38. The number of nitrogens with zero attached hydrogens (tertiary/aromatic N) is 5. The second kappa shape index (κ2) is 8.14. The average molecular weight is 394 g/mol. The maximum absolute atomic E-state index is 12.5. The molecule has 1 aliphatic heterocycles. The van der Waals surface area contributed by atoms with Crippen molar-refractivity contribution in [1.29, 1.82) is 0 Å². The lowest BCUT2D eigenvalue weighted by molar-refractivity contribution is 0.0793. The molecule has 1 saturated heterocycles. The first-order chi connectivity index (χ1) is 13.6. The monoisotopic (exact) mass is 393 g/mol. The standard InChI is InChI=1S/C21H23N5OS/c1-15-6-5-7-16(2)19(15)26-21(22-23-24-26)28-14-17-8-10-18(11-9-17)20(27)25-12-3-4-13-25/h5-11H,3-4,12-14H2,1-2H3. The van der Waals surface area contributed by atoms with E-state index in [1.807, 2.05) is 35.2 Å². The highest BCUT2D eigenvalue weighted by Crippen LogP contribution is 2.26. The van der Waals surface area contributed by atoms with Crippen molar-refractivity contribution in [3.8, 4) is 5.69 Å². The summed E-state index contributed by atoms with van der Waals surface area (Å²) in [6, 6.07) is 14.0. The van der Waals surface area contributed by atoms with Gasteiger partial charge in [0, 0.05) is 24.4 Å². The summed E-state index contributed by atoms with van der Waals surface area (Å²) in [7, 11) is 0. The quantitative estimate of drug-likeness (QED) is 0.617. The van der Waals surface area contributed by atoms with Crippen LogP contribution in [0.15, 0.2) is 47.6 Å². The maximum atomic E-state index is 12.5. The van der Waals surface area contributed by atoms with Crippen molar-refractivity contribution in [2.75, 3.05) is 13.1 Å². The van der Waals surface area contributed by atoms with E-state index in [-0.39, 0.29) is 5.91 Å². The number of hydrogen-bond donors (Lipinski definition) is 0. The second-order valence-corrected chi connectivity index (χ2v) is 8.04. The highest BCUT2D eigenvalue weighted by atomic mass is 32.2. The molecule has 0 bridgehead atoms. The number of amides is 1. The molecule has 144 valence electrons. The number of carbonyl (C=O) groups is 1. The van der Waals surface area contributed by atoms with Gasteiger partial charge in [0.05, 0.1) is 5.69 Å². The Balaban J connectivity index is 1.46. The first-order valence-corrected chi connectivity index (χ1v) is 10.5. The van der Waals surface area contributed by atoms with Crippen molar-refractivity contribution >= 4 is 17.7 Å². The molecule has 6 nitrogen and oxygen atoms in total. The summed E-state index contributed by atoms with van der Waals surface area (Å²) in [5.41, 5.74) is 5.20. The van der Waals surface area contributed by atoms with E-state index in [9.17, 15) is 4.79 Å². The van der Waals surface area contributed by atoms with Gasteiger partial charge in [-0.05, 0) is 65.9 Å². The number of benzene rings is 2. The van der Waals surface area contributed by atoms with Crippen LogP contribution >= 0.6 is 11.8 Å². The van der Waals surface area contributed by atoms with E-state index < -0.39 is 0 Å². The molecule has 7 heteroatoms. The minimum Gasteiger partial charge on any atom is -0.339 e. The lowest BCUT2D eigenvalue weighted by Crippen LogP contribution is -2.27. The van der Waals surface area contributed by atoms with Crippen molar-refractivity contribution in [2.24, 2.45) is 0 Å². The third kappa shape index (κ3) is 3.80. The molecular formula is C21H23N5OS. The van der Waals surface area contributed by atoms with E-state index in [4.69, 9.17) is 0 Å². The number of carbonyl (C=O) groups excluding carboxylic acids is 1. The zero-order chi connectivity index (χ0) is 19.5. The Morgan fingerprint density at radius 3 is 2.39 bits per heavy atom. The highest BCUT2D eigenvalue weighted by Gasteiger charge is 2.19. The first kappa shape index (κ1) is 18.7. The predicted octanol–water partition coefficient (Wildman–Crippen LogP) is 3.81. The molecule has 1 amide bonds. The lowest BCUT2D eigenvalue weighted by atomic mass is 10.1. The van der Waals surface area contributed by atoms with Gasteiger partial charge in [-0.1, -0.05) is 42.1 Å². The van der Waals surface area contributed by atoms with Gasteiger partial charge in [-0.3, -0.25) is 4.79 Å². The molecule has 4 rings (SSSR count). The molecule has 0 atom stereocenters. The largest absolute Gasteiger partial charge is 0.339 e. The normalized spacial score (nSPS) is 13.9. The summed E-state index contributed by atoms with van der Waals surface area (Å²) in [6.07, 6.45) is 2.21. The number of thioether (sulfide) groups is 1. The SMILES string of the molecule is Cc1cccc(C)c1-n1nnnc1SCc1ccc(C(=O)N2CCCC2)cc1. The predicted molar refractivity (Wildman–Crippen MR) is 110 cm³/mol. The van der Waals surface area contributed by atoms with Crippen LogP contribution in [0.3, 0.4) is 0 Å². The number of hydrogen-bond acceptors (Lipinski definition) is 5. The molecule has 2 heterocycles. The molecule has 0 unspecified atom stereocenters. The molecule has 3 aromatic rings. The minimum atomic E-state index is 0.135. The fourth-order valence-electron chi connectivity index (χ4n) is 3.54. The summed E-state index contributed by atoms with van der Waals surface area (Å²) in [6.45, 7) is 5.87. The number of aryl methyl sites for hydroxylation is 2.